The minimum atomic E-state index is -0.189. The Morgan fingerprint density at radius 1 is 0.931 bits per heavy atom. The molecule has 0 heterocycles. The van der Waals surface area contributed by atoms with Crippen LogP contribution in [0.4, 0.5) is 5.69 Å². The van der Waals surface area contributed by atoms with Gasteiger partial charge in [0.1, 0.15) is 0 Å². The van der Waals surface area contributed by atoms with Crippen molar-refractivity contribution in [1.29, 1.82) is 0 Å². The van der Waals surface area contributed by atoms with Gasteiger partial charge < -0.3 is 14.8 Å². The first-order valence-corrected chi connectivity index (χ1v) is 10.1. The molecule has 0 fully saturated rings. The van der Waals surface area contributed by atoms with Gasteiger partial charge in [-0.2, -0.15) is 0 Å². The molecule has 29 heavy (non-hydrogen) atoms. The molecule has 3 aromatic rings. The molecule has 0 radical (unpaired) electrons. The van der Waals surface area contributed by atoms with Crippen molar-refractivity contribution in [2.45, 2.75) is 10.6 Å². The monoisotopic (exact) mass is 405 g/mol. The molecule has 0 aromatic heterocycles. The Morgan fingerprint density at radius 2 is 1.66 bits per heavy atom. The lowest BCUT2D eigenvalue weighted by atomic mass is 10.2. The summed E-state index contributed by atoms with van der Waals surface area (Å²) in [5, 5.41) is 2.88. The van der Waals surface area contributed by atoms with Gasteiger partial charge in [-0.15, -0.1) is 11.8 Å². The van der Waals surface area contributed by atoms with Gasteiger partial charge in [-0.25, -0.2) is 0 Å². The molecule has 3 rings (SSSR count). The highest BCUT2D eigenvalue weighted by molar-refractivity contribution is 7.98. The Bertz CT molecular complexity index is 969. The summed E-state index contributed by atoms with van der Waals surface area (Å²) in [5.74, 6) is 1.97. The van der Waals surface area contributed by atoms with Crippen LogP contribution >= 0.6 is 11.8 Å². The Labute approximate surface area is 175 Å². The fourth-order valence-corrected chi connectivity index (χ4v) is 3.56. The maximum Gasteiger partial charge on any atom is 0.248 e. The lowest BCUT2D eigenvalue weighted by Crippen LogP contribution is -2.07. The zero-order chi connectivity index (χ0) is 20.5. The first kappa shape index (κ1) is 20.6. The molecule has 3 aromatic carbocycles. The first-order valence-electron chi connectivity index (χ1n) is 9.16. The highest BCUT2D eigenvalue weighted by Crippen LogP contribution is 2.28. The molecule has 4 nitrogen and oxygen atoms in total. The number of thioether (sulfide) groups is 1. The fourth-order valence-electron chi connectivity index (χ4n) is 2.68. The van der Waals surface area contributed by atoms with Gasteiger partial charge in [-0.3, -0.25) is 4.79 Å². The van der Waals surface area contributed by atoms with Gasteiger partial charge in [0.25, 0.3) is 0 Å². The van der Waals surface area contributed by atoms with E-state index in [1.807, 2.05) is 60.7 Å². The van der Waals surface area contributed by atoms with E-state index in [4.69, 9.17) is 9.47 Å². The summed E-state index contributed by atoms with van der Waals surface area (Å²) in [5.41, 5.74) is 2.82. The van der Waals surface area contributed by atoms with Crippen LogP contribution in [-0.4, -0.2) is 20.1 Å². The highest BCUT2D eigenvalue weighted by atomic mass is 32.2. The summed E-state index contributed by atoms with van der Waals surface area (Å²) in [6.45, 7) is 0. The molecule has 1 N–H and O–H groups in total. The molecule has 148 valence electrons. The Morgan fingerprint density at radius 3 is 2.34 bits per heavy atom. The molecule has 0 unspecified atom stereocenters. The SMILES string of the molecule is COc1ccc(/C=C/C(=O)Nc2ccc(CSc3ccccc3)cc2)cc1OC. The first-order chi connectivity index (χ1) is 14.2. The number of benzene rings is 3. The van der Waals surface area contributed by atoms with Gasteiger partial charge in [0.15, 0.2) is 11.5 Å². The third kappa shape index (κ3) is 6.16. The number of carbonyl (C=O) groups excluding carboxylic acids is 1. The largest absolute Gasteiger partial charge is 0.493 e. The van der Waals surface area contributed by atoms with E-state index in [1.54, 1.807) is 32.1 Å². The standard InChI is InChI=1S/C24H23NO3S/c1-27-22-14-10-18(16-23(22)28-2)11-15-24(26)25-20-12-8-19(9-13-20)17-29-21-6-4-3-5-7-21/h3-16H,17H2,1-2H3,(H,25,26)/b15-11+. The second-order valence-corrected chi connectivity index (χ2v) is 7.28. The van der Waals surface area contributed by atoms with E-state index in [0.717, 1.165) is 17.0 Å². The van der Waals surface area contributed by atoms with Crippen molar-refractivity contribution in [3.05, 3.63) is 90.0 Å². The van der Waals surface area contributed by atoms with Crippen LogP contribution in [0.1, 0.15) is 11.1 Å². The van der Waals surface area contributed by atoms with E-state index in [2.05, 4.69) is 17.4 Å². The topological polar surface area (TPSA) is 47.6 Å². The van der Waals surface area contributed by atoms with Crippen LogP contribution in [0.5, 0.6) is 11.5 Å². The lowest BCUT2D eigenvalue weighted by molar-refractivity contribution is -0.111. The maximum atomic E-state index is 12.2. The minimum Gasteiger partial charge on any atom is -0.493 e. The van der Waals surface area contributed by atoms with Crippen LogP contribution in [0.15, 0.2) is 83.8 Å². The molecule has 0 saturated heterocycles. The van der Waals surface area contributed by atoms with Gasteiger partial charge in [0, 0.05) is 22.4 Å². The third-order valence-electron chi connectivity index (χ3n) is 4.20. The zero-order valence-electron chi connectivity index (χ0n) is 16.4. The number of hydrogen-bond donors (Lipinski definition) is 1. The van der Waals surface area contributed by atoms with Crippen molar-refractivity contribution in [3.63, 3.8) is 0 Å². The number of methoxy groups -OCH3 is 2. The van der Waals surface area contributed by atoms with Crippen LogP contribution in [0, 0.1) is 0 Å². The van der Waals surface area contributed by atoms with Crippen LogP contribution < -0.4 is 14.8 Å². The smallest absolute Gasteiger partial charge is 0.248 e. The average molecular weight is 406 g/mol. The van der Waals surface area contributed by atoms with Crippen molar-refractivity contribution in [2.24, 2.45) is 0 Å². The molecular weight excluding hydrogens is 382 g/mol. The molecule has 0 saturated carbocycles. The second kappa shape index (κ2) is 10.4. The highest BCUT2D eigenvalue weighted by Gasteiger charge is 2.04. The van der Waals surface area contributed by atoms with Gasteiger partial charge in [-0.1, -0.05) is 36.4 Å². The molecule has 0 aliphatic heterocycles. The summed E-state index contributed by atoms with van der Waals surface area (Å²) in [7, 11) is 3.17. The summed E-state index contributed by atoms with van der Waals surface area (Å²) in [6, 6.07) is 23.7. The summed E-state index contributed by atoms with van der Waals surface area (Å²) in [4.78, 5) is 13.4. The van der Waals surface area contributed by atoms with E-state index >= 15 is 0 Å². The minimum absolute atomic E-state index is 0.189. The predicted octanol–water partition coefficient (Wildman–Crippen LogP) is 5.65. The molecule has 0 atom stereocenters. The molecule has 0 spiro atoms. The van der Waals surface area contributed by atoms with E-state index in [1.165, 1.54) is 16.5 Å². The Balaban J connectivity index is 1.54. The number of hydrogen-bond acceptors (Lipinski definition) is 4. The number of nitrogens with one attached hydrogen (secondary N) is 1. The van der Waals surface area contributed by atoms with E-state index in [-0.39, 0.29) is 5.91 Å². The number of carbonyl (C=O) groups is 1. The van der Waals surface area contributed by atoms with Crippen LogP contribution in [0.3, 0.4) is 0 Å². The molecule has 5 heteroatoms. The Hall–Kier alpha value is -3.18. The third-order valence-corrected chi connectivity index (χ3v) is 5.29. The maximum absolute atomic E-state index is 12.2. The van der Waals surface area contributed by atoms with Gasteiger partial charge in [-0.05, 0) is 53.6 Å². The second-order valence-electron chi connectivity index (χ2n) is 6.24. The number of amides is 1. The van der Waals surface area contributed by atoms with Crippen LogP contribution in [-0.2, 0) is 10.5 Å². The van der Waals surface area contributed by atoms with Gasteiger partial charge >= 0.3 is 0 Å². The van der Waals surface area contributed by atoms with Crippen molar-refractivity contribution in [1.82, 2.24) is 0 Å². The fraction of sp³-hybridized carbons (Fsp3) is 0.125. The van der Waals surface area contributed by atoms with Crippen LogP contribution in [0.25, 0.3) is 6.08 Å². The summed E-state index contributed by atoms with van der Waals surface area (Å²) >= 11 is 1.79. The number of rotatable bonds is 8. The van der Waals surface area contributed by atoms with Crippen molar-refractivity contribution >= 4 is 29.4 Å². The molecule has 1 amide bonds. The Kier molecular flexibility index (Phi) is 7.36. The van der Waals surface area contributed by atoms with E-state index in [9.17, 15) is 4.79 Å². The summed E-state index contributed by atoms with van der Waals surface area (Å²) < 4.78 is 10.5. The molecule has 0 aliphatic carbocycles. The van der Waals surface area contributed by atoms with E-state index in [0.29, 0.717) is 11.5 Å². The van der Waals surface area contributed by atoms with Gasteiger partial charge in [0.2, 0.25) is 5.91 Å². The van der Waals surface area contributed by atoms with Crippen molar-refractivity contribution < 1.29 is 14.3 Å². The van der Waals surface area contributed by atoms with E-state index < -0.39 is 0 Å². The van der Waals surface area contributed by atoms with Crippen molar-refractivity contribution in [3.8, 4) is 11.5 Å². The quantitative estimate of drug-likeness (QED) is 0.389. The van der Waals surface area contributed by atoms with Gasteiger partial charge in [0.05, 0.1) is 14.2 Å². The van der Waals surface area contributed by atoms with Crippen molar-refractivity contribution in [2.75, 3.05) is 19.5 Å². The number of anilines is 1. The molecular formula is C24H23NO3S. The molecule has 0 bridgehead atoms. The predicted molar refractivity (Wildman–Crippen MR) is 120 cm³/mol. The number of ether oxygens (including phenoxy) is 2. The molecule has 0 aliphatic rings. The normalized spacial score (nSPS) is 10.7. The zero-order valence-corrected chi connectivity index (χ0v) is 17.2. The lowest BCUT2D eigenvalue weighted by Gasteiger charge is -2.07. The van der Waals surface area contributed by atoms with Crippen LogP contribution in [0.2, 0.25) is 0 Å². The summed E-state index contributed by atoms with van der Waals surface area (Å²) in [6.07, 6.45) is 3.24. The average Bonchev–Trinajstić information content (AvgIpc) is 2.77.